The fraction of sp³-hybridized carbons (Fsp3) is 0.241. The minimum absolute atomic E-state index is 0.0585. The molecular formula is C29H26N4O5. The Morgan fingerprint density at radius 2 is 1.95 bits per heavy atom. The van der Waals surface area contributed by atoms with Crippen LogP contribution in [0.3, 0.4) is 0 Å². The molecule has 5 aromatic rings. The zero-order chi connectivity index (χ0) is 26.2. The average Bonchev–Trinajstić information content (AvgIpc) is 3.39. The zero-order valence-corrected chi connectivity index (χ0v) is 21.0. The Hall–Kier alpha value is -4.50. The van der Waals surface area contributed by atoms with Gasteiger partial charge in [0.15, 0.2) is 0 Å². The van der Waals surface area contributed by atoms with E-state index in [1.54, 1.807) is 18.3 Å². The van der Waals surface area contributed by atoms with Gasteiger partial charge in [-0.3, -0.25) is 10.1 Å². The second kappa shape index (κ2) is 9.75. The van der Waals surface area contributed by atoms with E-state index in [0.29, 0.717) is 24.8 Å². The Balaban J connectivity index is 1.61. The van der Waals surface area contributed by atoms with Crippen LogP contribution in [0.4, 0.5) is 0 Å². The van der Waals surface area contributed by atoms with Crippen molar-refractivity contribution in [2.24, 2.45) is 0 Å². The maximum atomic E-state index is 11.6. The third-order valence-corrected chi connectivity index (χ3v) is 6.97. The standard InChI is InChI=1S/C29H26N4O5/c1-16-11-18(5-8-30-16)26-22-12-19-15-31-33-24(19)14-23(22)28(32-27(26)17-6-9-37-10-7-17)38-20-3-4-21(29(34)35)25(13-20)36-2/h3-5,8,11-15,17H,6-7,9-10H2,1-2H3,(H,31,33)(H,34,35). The first-order valence-electron chi connectivity index (χ1n) is 12.4. The van der Waals surface area contributed by atoms with E-state index in [0.717, 1.165) is 57.0 Å². The lowest BCUT2D eigenvalue weighted by molar-refractivity contribution is 0.0693. The van der Waals surface area contributed by atoms with E-state index >= 15 is 0 Å². The maximum absolute atomic E-state index is 11.6. The Morgan fingerprint density at radius 1 is 1.11 bits per heavy atom. The summed E-state index contributed by atoms with van der Waals surface area (Å²) in [6.07, 6.45) is 5.33. The summed E-state index contributed by atoms with van der Waals surface area (Å²) in [5.74, 6) is 0.178. The van der Waals surface area contributed by atoms with E-state index in [2.05, 4.69) is 27.3 Å². The number of aryl methyl sites for hydroxylation is 1. The Kier molecular flexibility index (Phi) is 6.13. The van der Waals surface area contributed by atoms with Crippen LogP contribution in [0, 0.1) is 6.92 Å². The summed E-state index contributed by atoms with van der Waals surface area (Å²) in [6, 6.07) is 12.9. The molecular weight excluding hydrogens is 484 g/mol. The van der Waals surface area contributed by atoms with Crippen LogP contribution in [0.25, 0.3) is 32.8 Å². The number of aromatic nitrogens is 4. The molecule has 0 amide bonds. The van der Waals surface area contributed by atoms with E-state index < -0.39 is 5.97 Å². The molecule has 1 aliphatic rings. The van der Waals surface area contributed by atoms with Gasteiger partial charge in [-0.15, -0.1) is 0 Å². The van der Waals surface area contributed by atoms with Gasteiger partial charge in [-0.05, 0) is 67.1 Å². The number of aromatic amines is 1. The van der Waals surface area contributed by atoms with E-state index in [1.165, 1.54) is 13.2 Å². The van der Waals surface area contributed by atoms with Gasteiger partial charge in [0.1, 0.15) is 17.1 Å². The summed E-state index contributed by atoms with van der Waals surface area (Å²) in [7, 11) is 1.43. The van der Waals surface area contributed by atoms with Crippen LogP contribution in [0.1, 0.15) is 40.5 Å². The number of fused-ring (bicyclic) bond motifs is 2. The number of H-pyrrole nitrogens is 1. The van der Waals surface area contributed by atoms with E-state index in [-0.39, 0.29) is 17.2 Å². The first kappa shape index (κ1) is 23.9. The molecule has 0 bridgehead atoms. The third kappa shape index (κ3) is 4.31. The molecule has 0 atom stereocenters. The van der Waals surface area contributed by atoms with Crippen LogP contribution >= 0.6 is 0 Å². The van der Waals surface area contributed by atoms with Gasteiger partial charge in [0.05, 0.1) is 24.5 Å². The Labute approximate surface area is 218 Å². The summed E-state index contributed by atoms with van der Waals surface area (Å²) in [5.41, 5.74) is 4.87. The van der Waals surface area contributed by atoms with Crippen LogP contribution in [-0.2, 0) is 4.74 Å². The van der Waals surface area contributed by atoms with Gasteiger partial charge in [-0.25, -0.2) is 9.78 Å². The largest absolute Gasteiger partial charge is 0.496 e. The van der Waals surface area contributed by atoms with E-state index in [4.69, 9.17) is 19.2 Å². The smallest absolute Gasteiger partial charge is 0.339 e. The zero-order valence-electron chi connectivity index (χ0n) is 21.0. The van der Waals surface area contributed by atoms with Gasteiger partial charge in [-0.1, -0.05) is 0 Å². The molecule has 1 fully saturated rings. The molecule has 0 saturated carbocycles. The third-order valence-electron chi connectivity index (χ3n) is 6.97. The van der Waals surface area contributed by atoms with Crippen molar-refractivity contribution in [1.29, 1.82) is 0 Å². The molecule has 2 N–H and O–H groups in total. The van der Waals surface area contributed by atoms with Crippen LogP contribution in [-0.4, -0.2) is 51.6 Å². The quantitative estimate of drug-likeness (QED) is 0.291. The molecule has 6 rings (SSSR count). The molecule has 1 saturated heterocycles. The second-order valence-corrected chi connectivity index (χ2v) is 9.37. The molecule has 0 spiro atoms. The van der Waals surface area contributed by atoms with Crippen LogP contribution in [0.15, 0.2) is 54.9 Å². The number of carboxylic acid groups (broad SMARTS) is 1. The number of nitrogens with one attached hydrogen (secondary N) is 1. The molecule has 192 valence electrons. The number of methoxy groups -OCH3 is 1. The Morgan fingerprint density at radius 3 is 2.71 bits per heavy atom. The maximum Gasteiger partial charge on any atom is 0.339 e. The molecule has 38 heavy (non-hydrogen) atoms. The number of rotatable bonds is 6. The number of pyridine rings is 2. The number of benzene rings is 2. The number of hydrogen-bond donors (Lipinski definition) is 2. The highest BCUT2D eigenvalue weighted by Gasteiger charge is 2.26. The second-order valence-electron chi connectivity index (χ2n) is 9.37. The van der Waals surface area contributed by atoms with Crippen LogP contribution in [0.2, 0.25) is 0 Å². The highest BCUT2D eigenvalue weighted by Crippen LogP contribution is 2.43. The normalized spacial score (nSPS) is 14.2. The highest BCUT2D eigenvalue weighted by atomic mass is 16.5. The fourth-order valence-corrected chi connectivity index (χ4v) is 5.11. The van der Waals surface area contributed by atoms with Gasteiger partial charge >= 0.3 is 5.97 Å². The predicted octanol–water partition coefficient (Wildman–Crippen LogP) is 5.87. The number of carbonyl (C=O) groups is 1. The first-order chi connectivity index (χ1) is 18.5. The van der Waals surface area contributed by atoms with Crippen molar-refractivity contribution >= 4 is 27.6 Å². The van der Waals surface area contributed by atoms with Crippen molar-refractivity contribution in [1.82, 2.24) is 20.2 Å². The molecule has 0 unspecified atom stereocenters. The van der Waals surface area contributed by atoms with E-state index in [9.17, 15) is 9.90 Å². The lowest BCUT2D eigenvalue weighted by atomic mass is 9.87. The number of carboxylic acids is 1. The molecule has 4 heterocycles. The average molecular weight is 511 g/mol. The molecule has 3 aromatic heterocycles. The van der Waals surface area contributed by atoms with Gasteiger partial charge in [0.25, 0.3) is 0 Å². The summed E-state index contributed by atoms with van der Waals surface area (Å²) in [5, 5.41) is 19.5. The summed E-state index contributed by atoms with van der Waals surface area (Å²) in [4.78, 5) is 21.1. The molecule has 9 nitrogen and oxygen atoms in total. The lowest BCUT2D eigenvalue weighted by Crippen LogP contribution is -2.16. The van der Waals surface area contributed by atoms with Gasteiger partial charge < -0.3 is 19.3 Å². The molecule has 0 radical (unpaired) electrons. The number of nitrogens with zero attached hydrogens (tertiary/aromatic N) is 3. The number of aromatic carboxylic acids is 1. The molecule has 0 aliphatic carbocycles. The van der Waals surface area contributed by atoms with E-state index in [1.807, 2.05) is 25.3 Å². The predicted molar refractivity (Wildman–Crippen MR) is 142 cm³/mol. The number of ether oxygens (including phenoxy) is 3. The highest BCUT2D eigenvalue weighted by molar-refractivity contribution is 6.06. The van der Waals surface area contributed by atoms with Gasteiger partial charge in [-0.2, -0.15) is 5.10 Å². The van der Waals surface area contributed by atoms with Crippen molar-refractivity contribution < 1.29 is 24.1 Å². The lowest BCUT2D eigenvalue weighted by Gasteiger charge is -2.26. The van der Waals surface area contributed by atoms with Crippen molar-refractivity contribution in [3.8, 4) is 28.5 Å². The minimum atomic E-state index is -1.07. The monoisotopic (exact) mass is 510 g/mol. The van der Waals surface area contributed by atoms with Crippen LogP contribution in [0.5, 0.6) is 17.4 Å². The van der Waals surface area contributed by atoms with Gasteiger partial charge in [0, 0.05) is 53.4 Å². The summed E-state index contributed by atoms with van der Waals surface area (Å²) >= 11 is 0. The molecule has 9 heteroatoms. The topological polar surface area (TPSA) is 119 Å². The van der Waals surface area contributed by atoms with Crippen LogP contribution < -0.4 is 9.47 Å². The Bertz CT molecular complexity index is 1670. The summed E-state index contributed by atoms with van der Waals surface area (Å²) in [6.45, 7) is 3.32. The molecule has 2 aromatic carbocycles. The first-order valence-corrected chi connectivity index (χ1v) is 12.4. The van der Waals surface area contributed by atoms with Gasteiger partial charge in [0.2, 0.25) is 5.88 Å². The fourth-order valence-electron chi connectivity index (χ4n) is 5.11. The molecule has 1 aliphatic heterocycles. The van der Waals surface area contributed by atoms with Crippen molar-refractivity contribution in [3.05, 3.63) is 71.8 Å². The van der Waals surface area contributed by atoms with Crippen molar-refractivity contribution in [3.63, 3.8) is 0 Å². The summed E-state index contributed by atoms with van der Waals surface area (Å²) < 4.78 is 17.4. The minimum Gasteiger partial charge on any atom is -0.496 e. The number of hydrogen-bond acceptors (Lipinski definition) is 7. The van der Waals surface area contributed by atoms with Crippen molar-refractivity contribution in [2.75, 3.05) is 20.3 Å². The van der Waals surface area contributed by atoms with Crippen molar-refractivity contribution in [2.45, 2.75) is 25.7 Å². The SMILES string of the molecule is COc1cc(Oc2nc(C3CCOCC3)c(-c3ccnc(C)c3)c3cc4cn[nH]c4cc23)ccc1C(=O)O.